The van der Waals surface area contributed by atoms with Gasteiger partial charge in [-0.15, -0.1) is 0 Å². The van der Waals surface area contributed by atoms with Gasteiger partial charge < -0.3 is 15.0 Å². The molecule has 0 aliphatic carbocycles. The summed E-state index contributed by atoms with van der Waals surface area (Å²) in [4.78, 5) is 21.4. The third-order valence-corrected chi connectivity index (χ3v) is 3.83. The second-order valence-corrected chi connectivity index (χ2v) is 5.40. The van der Waals surface area contributed by atoms with E-state index >= 15 is 0 Å². The summed E-state index contributed by atoms with van der Waals surface area (Å²) in [7, 11) is 0. The standard InChI is InChI=1S/C16H19N5O3/c1-2-24-13-8-4-3-7-12(13)19-15-14(21(22)23)16(18-11-17-15)20-9-5-6-10-20/h3-4,7-8,11H,2,5-6,9-10H2,1H3,(H,17,18,19). The zero-order valence-corrected chi connectivity index (χ0v) is 13.4. The van der Waals surface area contributed by atoms with Crippen molar-refractivity contribution in [1.29, 1.82) is 0 Å². The molecule has 1 aliphatic heterocycles. The van der Waals surface area contributed by atoms with Gasteiger partial charge in [0.25, 0.3) is 0 Å². The maximum atomic E-state index is 11.6. The number of nitrogens with zero attached hydrogens (tertiary/aromatic N) is 4. The van der Waals surface area contributed by atoms with E-state index in [4.69, 9.17) is 4.74 Å². The average molecular weight is 329 g/mol. The predicted molar refractivity (Wildman–Crippen MR) is 91.0 cm³/mol. The summed E-state index contributed by atoms with van der Waals surface area (Å²) in [6, 6.07) is 7.28. The topological polar surface area (TPSA) is 93.4 Å². The lowest BCUT2D eigenvalue weighted by molar-refractivity contribution is -0.383. The largest absolute Gasteiger partial charge is 0.492 e. The second kappa shape index (κ2) is 7.12. The lowest BCUT2D eigenvalue weighted by atomic mass is 10.3. The lowest BCUT2D eigenvalue weighted by Crippen LogP contribution is -2.21. The minimum atomic E-state index is -0.431. The van der Waals surface area contributed by atoms with Crippen molar-refractivity contribution in [2.45, 2.75) is 19.8 Å². The van der Waals surface area contributed by atoms with Crippen molar-refractivity contribution in [3.8, 4) is 5.75 Å². The van der Waals surface area contributed by atoms with Gasteiger partial charge in [-0.1, -0.05) is 12.1 Å². The molecular weight excluding hydrogens is 310 g/mol. The monoisotopic (exact) mass is 329 g/mol. The molecule has 8 nitrogen and oxygen atoms in total. The predicted octanol–water partition coefficient (Wildman–Crippen LogP) is 3.13. The Morgan fingerprint density at radius 1 is 1.29 bits per heavy atom. The number of aromatic nitrogens is 2. The van der Waals surface area contributed by atoms with E-state index in [0.717, 1.165) is 25.9 Å². The first-order chi connectivity index (χ1) is 11.7. The molecule has 2 aromatic rings. The molecule has 0 bridgehead atoms. The van der Waals surface area contributed by atoms with Crippen LogP contribution in [0.4, 0.5) is 23.0 Å². The van der Waals surface area contributed by atoms with Crippen LogP contribution in [0.15, 0.2) is 30.6 Å². The maximum Gasteiger partial charge on any atom is 0.353 e. The summed E-state index contributed by atoms with van der Waals surface area (Å²) in [5.74, 6) is 1.16. The number of nitro groups is 1. The smallest absolute Gasteiger partial charge is 0.353 e. The van der Waals surface area contributed by atoms with Crippen LogP contribution in [0, 0.1) is 10.1 Å². The van der Waals surface area contributed by atoms with E-state index in [2.05, 4.69) is 15.3 Å². The highest BCUT2D eigenvalue weighted by atomic mass is 16.6. The van der Waals surface area contributed by atoms with E-state index in [1.54, 1.807) is 12.1 Å². The van der Waals surface area contributed by atoms with Crippen LogP contribution in [0.1, 0.15) is 19.8 Å². The molecule has 2 heterocycles. The van der Waals surface area contributed by atoms with Crippen molar-refractivity contribution in [2.24, 2.45) is 0 Å². The lowest BCUT2D eigenvalue weighted by Gasteiger charge is -2.17. The van der Waals surface area contributed by atoms with Crippen LogP contribution < -0.4 is 15.0 Å². The molecule has 1 aromatic carbocycles. The quantitative estimate of drug-likeness (QED) is 0.642. The van der Waals surface area contributed by atoms with Gasteiger partial charge in [-0.05, 0) is 31.9 Å². The zero-order chi connectivity index (χ0) is 16.9. The van der Waals surface area contributed by atoms with E-state index in [9.17, 15) is 10.1 Å². The van der Waals surface area contributed by atoms with Gasteiger partial charge in [0, 0.05) is 13.1 Å². The zero-order valence-electron chi connectivity index (χ0n) is 13.4. The van der Waals surface area contributed by atoms with Gasteiger partial charge in [0.05, 0.1) is 17.2 Å². The van der Waals surface area contributed by atoms with E-state index < -0.39 is 4.92 Å². The SMILES string of the molecule is CCOc1ccccc1Nc1ncnc(N2CCCC2)c1[N+](=O)[O-]. The fourth-order valence-corrected chi connectivity index (χ4v) is 2.77. The van der Waals surface area contributed by atoms with Crippen LogP contribution >= 0.6 is 0 Å². The number of benzene rings is 1. The molecule has 24 heavy (non-hydrogen) atoms. The summed E-state index contributed by atoms with van der Waals surface area (Å²) in [6.45, 7) is 3.93. The molecule has 0 amide bonds. The maximum absolute atomic E-state index is 11.6. The molecule has 0 unspecified atom stereocenters. The first-order valence-corrected chi connectivity index (χ1v) is 7.94. The normalized spacial score (nSPS) is 13.8. The Bertz CT molecular complexity index is 731. The van der Waals surface area contributed by atoms with Crippen molar-refractivity contribution < 1.29 is 9.66 Å². The summed E-state index contributed by atoms with van der Waals surface area (Å²) < 4.78 is 5.55. The molecule has 1 saturated heterocycles. The van der Waals surface area contributed by atoms with E-state index in [1.807, 2.05) is 24.0 Å². The van der Waals surface area contributed by atoms with Gasteiger partial charge >= 0.3 is 5.69 Å². The van der Waals surface area contributed by atoms with E-state index in [1.165, 1.54) is 6.33 Å². The Morgan fingerprint density at radius 2 is 2.04 bits per heavy atom. The number of rotatable bonds is 6. The summed E-state index contributed by atoms with van der Waals surface area (Å²) in [5, 5.41) is 14.7. The highest BCUT2D eigenvalue weighted by Crippen LogP contribution is 2.36. The fourth-order valence-electron chi connectivity index (χ4n) is 2.77. The number of hydrogen-bond acceptors (Lipinski definition) is 7. The van der Waals surface area contributed by atoms with Crippen LogP contribution in [0.25, 0.3) is 0 Å². The minimum absolute atomic E-state index is 0.106. The van der Waals surface area contributed by atoms with Crippen molar-refractivity contribution in [3.63, 3.8) is 0 Å². The number of nitrogens with one attached hydrogen (secondary N) is 1. The van der Waals surface area contributed by atoms with Crippen LogP contribution in [0.2, 0.25) is 0 Å². The molecule has 1 N–H and O–H groups in total. The Kier molecular flexibility index (Phi) is 4.74. The number of hydrogen-bond donors (Lipinski definition) is 1. The second-order valence-electron chi connectivity index (χ2n) is 5.40. The summed E-state index contributed by atoms with van der Waals surface area (Å²) >= 11 is 0. The van der Waals surface area contributed by atoms with E-state index in [-0.39, 0.29) is 11.5 Å². The first kappa shape index (κ1) is 16.0. The highest BCUT2D eigenvalue weighted by Gasteiger charge is 2.28. The molecular formula is C16H19N5O3. The number of ether oxygens (including phenoxy) is 1. The molecule has 0 radical (unpaired) electrons. The molecule has 3 rings (SSSR count). The Labute approximate surface area is 139 Å². The van der Waals surface area contributed by atoms with Crippen molar-refractivity contribution in [2.75, 3.05) is 29.9 Å². The van der Waals surface area contributed by atoms with Gasteiger partial charge in [-0.2, -0.15) is 0 Å². The van der Waals surface area contributed by atoms with Crippen molar-refractivity contribution >= 4 is 23.0 Å². The summed E-state index contributed by atoms with van der Waals surface area (Å²) in [6.07, 6.45) is 3.38. The molecule has 1 aromatic heterocycles. The third kappa shape index (κ3) is 3.22. The Hall–Kier alpha value is -2.90. The van der Waals surface area contributed by atoms with Crippen LogP contribution in [-0.2, 0) is 0 Å². The highest BCUT2D eigenvalue weighted by molar-refractivity contribution is 5.76. The molecule has 8 heteroatoms. The van der Waals surface area contributed by atoms with Crippen LogP contribution in [0.3, 0.4) is 0 Å². The molecule has 0 spiro atoms. The van der Waals surface area contributed by atoms with Gasteiger partial charge in [-0.25, -0.2) is 9.97 Å². The summed E-state index contributed by atoms with van der Waals surface area (Å²) in [5.41, 5.74) is 0.527. The molecule has 0 atom stereocenters. The first-order valence-electron chi connectivity index (χ1n) is 7.94. The fraction of sp³-hybridized carbons (Fsp3) is 0.375. The third-order valence-electron chi connectivity index (χ3n) is 3.83. The Balaban J connectivity index is 1.99. The van der Waals surface area contributed by atoms with E-state index in [0.29, 0.717) is 23.9 Å². The number of anilines is 3. The molecule has 1 aliphatic rings. The van der Waals surface area contributed by atoms with Gasteiger partial charge in [0.2, 0.25) is 11.6 Å². The van der Waals surface area contributed by atoms with Crippen LogP contribution in [-0.4, -0.2) is 34.6 Å². The minimum Gasteiger partial charge on any atom is -0.492 e. The van der Waals surface area contributed by atoms with Gasteiger partial charge in [0.15, 0.2) is 0 Å². The van der Waals surface area contributed by atoms with Gasteiger partial charge in [-0.3, -0.25) is 10.1 Å². The van der Waals surface area contributed by atoms with Crippen molar-refractivity contribution in [1.82, 2.24) is 9.97 Å². The average Bonchev–Trinajstić information content (AvgIpc) is 3.11. The van der Waals surface area contributed by atoms with Crippen LogP contribution in [0.5, 0.6) is 5.75 Å². The molecule has 126 valence electrons. The Morgan fingerprint density at radius 3 is 2.75 bits per heavy atom. The molecule has 1 fully saturated rings. The number of para-hydroxylation sites is 2. The van der Waals surface area contributed by atoms with Crippen molar-refractivity contribution in [3.05, 3.63) is 40.7 Å². The molecule has 0 saturated carbocycles. The van der Waals surface area contributed by atoms with Gasteiger partial charge in [0.1, 0.15) is 12.1 Å².